The lowest BCUT2D eigenvalue weighted by atomic mass is 9.84. The molecule has 1 rings (SSSR count). The lowest BCUT2D eigenvalue weighted by Crippen LogP contribution is -2.66. The Morgan fingerprint density at radius 3 is 2.29 bits per heavy atom. The number of rotatable bonds is 2. The Morgan fingerprint density at radius 2 is 1.86 bits per heavy atom. The molecule has 1 aliphatic heterocycles. The van der Waals surface area contributed by atoms with Gasteiger partial charge in [-0.05, 0) is 0 Å². The highest BCUT2D eigenvalue weighted by Crippen LogP contribution is 2.29. The van der Waals surface area contributed by atoms with Gasteiger partial charge in [0, 0.05) is 0 Å². The van der Waals surface area contributed by atoms with Crippen LogP contribution in [0.2, 0.25) is 0 Å². The summed E-state index contributed by atoms with van der Waals surface area (Å²) < 4.78 is 4.66. The molecule has 1 heterocycles. The quantitative estimate of drug-likeness (QED) is 0.315. The second kappa shape index (κ2) is 3.93. The molecule has 0 amide bonds. The molecule has 14 heavy (non-hydrogen) atoms. The van der Waals surface area contributed by atoms with Crippen LogP contribution in [0.5, 0.6) is 0 Å². The van der Waals surface area contributed by atoms with Gasteiger partial charge in [-0.15, -0.1) is 6.58 Å². The van der Waals surface area contributed by atoms with Crippen molar-refractivity contribution in [2.24, 2.45) is 0 Å². The zero-order valence-electron chi connectivity index (χ0n) is 7.45. The van der Waals surface area contributed by atoms with Gasteiger partial charge >= 0.3 is 0 Å². The van der Waals surface area contributed by atoms with E-state index >= 15 is 0 Å². The average molecular weight is 206 g/mol. The minimum absolute atomic E-state index is 0.582. The molecule has 0 aromatic heterocycles. The molecule has 82 valence electrons. The number of hydrogen-bond donors (Lipinski definition) is 5. The summed E-state index contributed by atoms with van der Waals surface area (Å²) in [5, 5.41) is 46.5. The van der Waals surface area contributed by atoms with Crippen LogP contribution < -0.4 is 0 Å². The SMILES string of the molecule is C=C[C@]1(O)[C@H](O)[C@@H](CO)O[C@@H](O)[C@@H]1O. The summed E-state index contributed by atoms with van der Waals surface area (Å²) in [6.07, 6.45) is -5.15. The third kappa shape index (κ3) is 1.56. The van der Waals surface area contributed by atoms with E-state index in [0.29, 0.717) is 0 Å². The molecule has 5 atom stereocenters. The van der Waals surface area contributed by atoms with Crippen LogP contribution in [0, 0.1) is 0 Å². The zero-order chi connectivity index (χ0) is 10.9. The molecular weight excluding hydrogens is 192 g/mol. The van der Waals surface area contributed by atoms with Gasteiger partial charge in [0.05, 0.1) is 6.61 Å². The highest BCUT2D eigenvalue weighted by molar-refractivity contribution is 5.11. The number of aliphatic hydroxyl groups excluding tert-OH is 4. The fourth-order valence-electron chi connectivity index (χ4n) is 1.41. The molecule has 0 aromatic carbocycles. The molecule has 0 radical (unpaired) electrons. The maximum absolute atomic E-state index is 9.72. The molecule has 1 saturated heterocycles. The van der Waals surface area contributed by atoms with Crippen LogP contribution in [0.15, 0.2) is 12.7 Å². The smallest absolute Gasteiger partial charge is 0.184 e. The van der Waals surface area contributed by atoms with Gasteiger partial charge in [0.1, 0.15) is 23.9 Å². The number of ether oxygens (including phenoxy) is 1. The summed E-state index contributed by atoms with van der Waals surface area (Å²) in [6.45, 7) is 2.66. The van der Waals surface area contributed by atoms with Crippen molar-refractivity contribution >= 4 is 0 Å². The zero-order valence-corrected chi connectivity index (χ0v) is 7.45. The molecular formula is C8H14O6. The highest BCUT2D eigenvalue weighted by atomic mass is 16.6. The van der Waals surface area contributed by atoms with Crippen molar-refractivity contribution in [3.8, 4) is 0 Å². The minimum Gasteiger partial charge on any atom is -0.394 e. The molecule has 0 saturated carbocycles. The fourth-order valence-corrected chi connectivity index (χ4v) is 1.41. The molecule has 5 N–H and O–H groups in total. The molecule has 0 unspecified atom stereocenters. The van der Waals surface area contributed by atoms with Crippen LogP contribution in [-0.2, 0) is 4.74 Å². The molecule has 0 aliphatic carbocycles. The molecule has 0 aromatic rings. The van der Waals surface area contributed by atoms with Gasteiger partial charge in [-0.25, -0.2) is 0 Å². The first kappa shape index (κ1) is 11.6. The van der Waals surface area contributed by atoms with Crippen LogP contribution in [-0.4, -0.2) is 62.3 Å². The monoisotopic (exact) mass is 206 g/mol. The van der Waals surface area contributed by atoms with Gasteiger partial charge in [0.25, 0.3) is 0 Å². The number of hydrogen-bond acceptors (Lipinski definition) is 6. The Morgan fingerprint density at radius 1 is 1.29 bits per heavy atom. The van der Waals surface area contributed by atoms with Crippen molar-refractivity contribution in [1.82, 2.24) is 0 Å². The summed E-state index contributed by atoms with van der Waals surface area (Å²) in [6, 6.07) is 0. The minimum atomic E-state index is -2.08. The Kier molecular flexibility index (Phi) is 3.25. The first-order valence-electron chi connectivity index (χ1n) is 4.14. The first-order valence-corrected chi connectivity index (χ1v) is 4.14. The maximum Gasteiger partial charge on any atom is 0.184 e. The van der Waals surface area contributed by atoms with Gasteiger partial charge in [-0.1, -0.05) is 6.08 Å². The lowest BCUT2D eigenvalue weighted by molar-refractivity contribution is -0.308. The van der Waals surface area contributed by atoms with Crippen molar-refractivity contribution in [3.05, 3.63) is 12.7 Å². The van der Waals surface area contributed by atoms with Gasteiger partial charge in [0.2, 0.25) is 0 Å². The molecule has 6 heteroatoms. The lowest BCUT2D eigenvalue weighted by Gasteiger charge is -2.44. The van der Waals surface area contributed by atoms with E-state index < -0.39 is 36.8 Å². The largest absolute Gasteiger partial charge is 0.394 e. The van der Waals surface area contributed by atoms with Crippen LogP contribution in [0.1, 0.15) is 0 Å². The maximum atomic E-state index is 9.72. The number of aliphatic hydroxyl groups is 5. The van der Waals surface area contributed by atoms with Crippen molar-refractivity contribution in [1.29, 1.82) is 0 Å². The van der Waals surface area contributed by atoms with Gasteiger partial charge in [0.15, 0.2) is 6.29 Å². The summed E-state index contributed by atoms with van der Waals surface area (Å²) in [5.41, 5.74) is -2.08. The van der Waals surface area contributed by atoms with Gasteiger partial charge in [-0.2, -0.15) is 0 Å². The average Bonchev–Trinajstić information content (AvgIpc) is 2.20. The van der Waals surface area contributed by atoms with Crippen molar-refractivity contribution in [2.45, 2.75) is 30.2 Å². The summed E-state index contributed by atoms with van der Waals surface area (Å²) in [7, 11) is 0. The second-order valence-electron chi connectivity index (χ2n) is 3.23. The second-order valence-corrected chi connectivity index (χ2v) is 3.23. The molecule has 1 aliphatic rings. The van der Waals surface area contributed by atoms with Crippen LogP contribution in [0.4, 0.5) is 0 Å². The Bertz CT molecular complexity index is 220. The van der Waals surface area contributed by atoms with Crippen LogP contribution in [0.25, 0.3) is 0 Å². The van der Waals surface area contributed by atoms with E-state index in [1.807, 2.05) is 0 Å². The summed E-state index contributed by atoms with van der Waals surface area (Å²) >= 11 is 0. The van der Waals surface area contributed by atoms with E-state index in [-0.39, 0.29) is 0 Å². The van der Waals surface area contributed by atoms with Gasteiger partial charge in [-0.3, -0.25) is 0 Å². The van der Waals surface area contributed by atoms with E-state index in [2.05, 4.69) is 11.3 Å². The predicted molar refractivity (Wildman–Crippen MR) is 45.1 cm³/mol. The summed E-state index contributed by atoms with van der Waals surface area (Å²) in [4.78, 5) is 0. The van der Waals surface area contributed by atoms with Crippen molar-refractivity contribution < 1.29 is 30.3 Å². The molecule has 1 fully saturated rings. The Balaban J connectivity index is 2.94. The Labute approximate surface area is 80.7 Å². The predicted octanol–water partition coefficient (Wildman–Crippen LogP) is -2.67. The van der Waals surface area contributed by atoms with E-state index in [4.69, 9.17) is 10.2 Å². The van der Waals surface area contributed by atoms with Gasteiger partial charge < -0.3 is 30.3 Å². The fraction of sp³-hybridized carbons (Fsp3) is 0.750. The van der Waals surface area contributed by atoms with Crippen LogP contribution >= 0.6 is 0 Å². The van der Waals surface area contributed by atoms with E-state index in [1.54, 1.807) is 0 Å². The normalized spacial score (nSPS) is 48.9. The molecule has 0 spiro atoms. The molecule has 0 bridgehead atoms. The Hall–Kier alpha value is -0.500. The molecule has 6 nitrogen and oxygen atoms in total. The third-order valence-electron chi connectivity index (χ3n) is 2.39. The van der Waals surface area contributed by atoms with Crippen LogP contribution in [0.3, 0.4) is 0 Å². The van der Waals surface area contributed by atoms with E-state index in [0.717, 1.165) is 6.08 Å². The third-order valence-corrected chi connectivity index (χ3v) is 2.39. The summed E-state index contributed by atoms with van der Waals surface area (Å²) in [5.74, 6) is 0. The first-order chi connectivity index (χ1) is 6.47. The highest BCUT2D eigenvalue weighted by Gasteiger charge is 2.52. The van der Waals surface area contributed by atoms with Crippen molar-refractivity contribution in [2.75, 3.05) is 6.61 Å². The topological polar surface area (TPSA) is 110 Å². The van der Waals surface area contributed by atoms with Crippen molar-refractivity contribution in [3.63, 3.8) is 0 Å². The van der Waals surface area contributed by atoms with E-state index in [9.17, 15) is 15.3 Å². The standard InChI is InChI=1S/C8H14O6/c1-2-8(13)5(10)4(3-9)14-7(12)6(8)11/h2,4-7,9-13H,1,3H2/t4-,5-,6+,7-,8+/m1/s1. The van der Waals surface area contributed by atoms with E-state index in [1.165, 1.54) is 0 Å².